The average Bonchev–Trinajstić information content (AvgIpc) is 3.08. The average molecular weight is 342 g/mol. The first-order chi connectivity index (χ1) is 11.2. The molecule has 0 bridgehead atoms. The lowest BCUT2D eigenvalue weighted by atomic mass is 10.2. The predicted molar refractivity (Wildman–Crippen MR) is 77.1 cm³/mol. The van der Waals surface area contributed by atoms with Crippen LogP contribution in [0.3, 0.4) is 0 Å². The summed E-state index contributed by atoms with van der Waals surface area (Å²) < 4.78 is 41.1. The Morgan fingerprint density at radius 1 is 1.25 bits per heavy atom. The van der Waals surface area contributed by atoms with E-state index in [1.54, 1.807) is 0 Å². The molecule has 0 aromatic carbocycles. The van der Waals surface area contributed by atoms with Crippen LogP contribution in [0.4, 0.5) is 13.2 Å². The van der Waals surface area contributed by atoms with Crippen LogP contribution in [0.2, 0.25) is 0 Å². The lowest BCUT2D eigenvalue weighted by molar-refractivity contribution is -0.143. The van der Waals surface area contributed by atoms with Crippen molar-refractivity contribution >= 4 is 5.91 Å². The molecule has 0 atom stereocenters. The molecule has 3 rings (SSSR count). The number of carbonyl (C=O) groups is 1. The van der Waals surface area contributed by atoms with Gasteiger partial charge >= 0.3 is 6.18 Å². The summed E-state index contributed by atoms with van der Waals surface area (Å²) in [6.45, 7) is 5.10. The molecule has 130 valence electrons. The fraction of sp³-hybridized carbons (Fsp3) is 0.571. The van der Waals surface area contributed by atoms with Crippen LogP contribution < -0.4 is 0 Å². The molecule has 0 unspecified atom stereocenters. The zero-order valence-corrected chi connectivity index (χ0v) is 13.5. The SMILES string of the molecule is CC(C)c1nnc2n1CCN(C(=O)c1cc(C(F)(F)F)n(C)n1)C2. The van der Waals surface area contributed by atoms with Crippen molar-refractivity contribution in [1.82, 2.24) is 29.4 Å². The Morgan fingerprint density at radius 3 is 2.54 bits per heavy atom. The van der Waals surface area contributed by atoms with E-state index in [2.05, 4.69) is 15.3 Å². The van der Waals surface area contributed by atoms with E-state index in [1.165, 1.54) is 11.9 Å². The van der Waals surface area contributed by atoms with Crippen LogP contribution in [-0.4, -0.2) is 41.9 Å². The second kappa shape index (κ2) is 5.60. The summed E-state index contributed by atoms with van der Waals surface area (Å²) in [7, 11) is 1.17. The Morgan fingerprint density at radius 2 is 1.96 bits per heavy atom. The third-order valence-electron chi connectivity index (χ3n) is 3.97. The summed E-state index contributed by atoms with van der Waals surface area (Å²) in [6.07, 6.45) is -4.55. The number of carbonyl (C=O) groups excluding carboxylic acids is 1. The molecule has 2 aromatic rings. The van der Waals surface area contributed by atoms with Crippen LogP contribution in [0.15, 0.2) is 6.07 Å². The summed E-state index contributed by atoms with van der Waals surface area (Å²) in [5, 5.41) is 11.9. The van der Waals surface area contributed by atoms with E-state index in [-0.39, 0.29) is 18.2 Å². The molecule has 1 aliphatic rings. The van der Waals surface area contributed by atoms with E-state index in [9.17, 15) is 18.0 Å². The minimum absolute atomic E-state index is 0.205. The van der Waals surface area contributed by atoms with Gasteiger partial charge in [0.1, 0.15) is 11.5 Å². The fourth-order valence-electron chi connectivity index (χ4n) is 2.78. The number of hydrogen-bond acceptors (Lipinski definition) is 4. The molecule has 0 radical (unpaired) electrons. The summed E-state index contributed by atoms with van der Waals surface area (Å²) in [6, 6.07) is 0.779. The first-order valence-electron chi connectivity index (χ1n) is 7.51. The number of aromatic nitrogens is 5. The summed E-state index contributed by atoms with van der Waals surface area (Å²) >= 11 is 0. The van der Waals surface area contributed by atoms with Gasteiger partial charge in [-0.1, -0.05) is 13.8 Å². The second-order valence-corrected chi connectivity index (χ2v) is 6.04. The molecular formula is C14H17F3N6O. The van der Waals surface area contributed by atoms with E-state index < -0.39 is 17.8 Å². The molecule has 10 heteroatoms. The van der Waals surface area contributed by atoms with Crippen LogP contribution in [0, 0.1) is 0 Å². The maximum Gasteiger partial charge on any atom is 0.433 e. The van der Waals surface area contributed by atoms with E-state index in [0.29, 0.717) is 23.6 Å². The highest BCUT2D eigenvalue weighted by Gasteiger charge is 2.36. The van der Waals surface area contributed by atoms with Crippen molar-refractivity contribution in [2.24, 2.45) is 7.05 Å². The van der Waals surface area contributed by atoms with Gasteiger partial charge in [-0.25, -0.2) is 0 Å². The van der Waals surface area contributed by atoms with Gasteiger partial charge in [0.2, 0.25) is 0 Å². The van der Waals surface area contributed by atoms with Crippen LogP contribution in [0.25, 0.3) is 0 Å². The van der Waals surface area contributed by atoms with Crippen molar-refractivity contribution in [2.75, 3.05) is 6.54 Å². The van der Waals surface area contributed by atoms with Gasteiger partial charge in [-0.3, -0.25) is 9.48 Å². The third kappa shape index (κ3) is 2.76. The normalized spacial score (nSPS) is 15.0. The monoisotopic (exact) mass is 342 g/mol. The molecule has 1 amide bonds. The van der Waals surface area contributed by atoms with Gasteiger partial charge in [0.15, 0.2) is 11.5 Å². The Labute approximate surface area is 136 Å². The van der Waals surface area contributed by atoms with Crippen molar-refractivity contribution in [3.63, 3.8) is 0 Å². The Balaban J connectivity index is 1.82. The molecule has 1 aliphatic heterocycles. The number of aryl methyl sites for hydroxylation is 1. The fourth-order valence-corrected chi connectivity index (χ4v) is 2.78. The zero-order valence-electron chi connectivity index (χ0n) is 13.5. The third-order valence-corrected chi connectivity index (χ3v) is 3.97. The molecule has 0 fully saturated rings. The molecule has 24 heavy (non-hydrogen) atoms. The minimum atomic E-state index is -4.55. The molecular weight excluding hydrogens is 325 g/mol. The van der Waals surface area contributed by atoms with Gasteiger partial charge in [0, 0.05) is 32.1 Å². The molecule has 0 saturated carbocycles. The van der Waals surface area contributed by atoms with Crippen molar-refractivity contribution in [3.05, 3.63) is 29.1 Å². The van der Waals surface area contributed by atoms with Gasteiger partial charge in [0.05, 0.1) is 6.54 Å². The number of hydrogen-bond donors (Lipinski definition) is 0. The largest absolute Gasteiger partial charge is 0.433 e. The van der Waals surface area contributed by atoms with Crippen LogP contribution in [-0.2, 0) is 26.3 Å². The van der Waals surface area contributed by atoms with Gasteiger partial charge in [0.25, 0.3) is 5.91 Å². The van der Waals surface area contributed by atoms with Crippen molar-refractivity contribution < 1.29 is 18.0 Å². The first-order valence-corrected chi connectivity index (χ1v) is 7.51. The highest BCUT2D eigenvalue weighted by molar-refractivity contribution is 5.92. The molecule has 0 N–H and O–H groups in total. The number of alkyl halides is 3. The van der Waals surface area contributed by atoms with E-state index in [0.717, 1.165) is 11.9 Å². The molecule has 7 nitrogen and oxygen atoms in total. The van der Waals surface area contributed by atoms with Crippen molar-refractivity contribution in [1.29, 1.82) is 0 Å². The highest BCUT2D eigenvalue weighted by atomic mass is 19.4. The second-order valence-electron chi connectivity index (χ2n) is 6.04. The summed E-state index contributed by atoms with van der Waals surface area (Å²) in [5.41, 5.74) is -1.17. The highest BCUT2D eigenvalue weighted by Crippen LogP contribution is 2.29. The first kappa shape index (κ1) is 16.5. The quantitative estimate of drug-likeness (QED) is 0.835. The van der Waals surface area contributed by atoms with Gasteiger partial charge in [-0.2, -0.15) is 18.3 Å². The summed E-state index contributed by atoms with van der Waals surface area (Å²) in [5.74, 6) is 1.14. The lowest BCUT2D eigenvalue weighted by Crippen LogP contribution is -2.39. The standard InChI is InChI=1S/C14H17F3N6O/c1-8(2)12-19-18-11-7-22(4-5-23(11)12)13(24)9-6-10(14(15,16)17)21(3)20-9/h6,8H,4-5,7H2,1-3H3. The molecule has 0 spiro atoms. The smallest absolute Gasteiger partial charge is 0.328 e. The zero-order chi connectivity index (χ0) is 17.6. The van der Waals surface area contributed by atoms with Gasteiger partial charge < -0.3 is 9.47 Å². The van der Waals surface area contributed by atoms with E-state index in [1.807, 2.05) is 18.4 Å². The summed E-state index contributed by atoms with van der Waals surface area (Å²) in [4.78, 5) is 13.9. The number of rotatable bonds is 2. The van der Waals surface area contributed by atoms with E-state index >= 15 is 0 Å². The van der Waals surface area contributed by atoms with Gasteiger partial charge in [-0.05, 0) is 0 Å². The predicted octanol–water partition coefficient (Wildman–Crippen LogP) is 1.81. The minimum Gasteiger partial charge on any atom is -0.328 e. The maximum absolute atomic E-state index is 12.8. The Bertz CT molecular complexity index is 776. The van der Waals surface area contributed by atoms with Crippen molar-refractivity contribution in [2.45, 2.75) is 39.0 Å². The molecule has 0 aliphatic carbocycles. The van der Waals surface area contributed by atoms with Crippen LogP contribution in [0.1, 0.15) is 47.6 Å². The van der Waals surface area contributed by atoms with Crippen LogP contribution >= 0.6 is 0 Å². The number of fused-ring (bicyclic) bond motifs is 1. The Kier molecular flexibility index (Phi) is 3.84. The molecule has 3 heterocycles. The van der Waals surface area contributed by atoms with E-state index in [4.69, 9.17) is 0 Å². The number of halogens is 3. The molecule has 2 aromatic heterocycles. The lowest BCUT2D eigenvalue weighted by Gasteiger charge is -2.27. The maximum atomic E-state index is 12.8. The molecule has 0 saturated heterocycles. The van der Waals surface area contributed by atoms with Crippen molar-refractivity contribution in [3.8, 4) is 0 Å². The number of amides is 1. The topological polar surface area (TPSA) is 68.8 Å². The number of nitrogens with zero attached hydrogens (tertiary/aromatic N) is 6. The van der Waals surface area contributed by atoms with Gasteiger partial charge in [-0.15, -0.1) is 10.2 Å². The Hall–Kier alpha value is -2.39. The van der Waals surface area contributed by atoms with Crippen LogP contribution in [0.5, 0.6) is 0 Å².